The molecule has 0 radical (unpaired) electrons. The van der Waals surface area contributed by atoms with Gasteiger partial charge >= 0.3 is 0 Å². The van der Waals surface area contributed by atoms with Crippen molar-refractivity contribution in [3.63, 3.8) is 0 Å². The van der Waals surface area contributed by atoms with Gasteiger partial charge in [-0.05, 0) is 37.8 Å². The van der Waals surface area contributed by atoms with Gasteiger partial charge in [0, 0.05) is 36.8 Å². The molecule has 0 aromatic carbocycles. The van der Waals surface area contributed by atoms with Gasteiger partial charge in [0.1, 0.15) is 0 Å². The summed E-state index contributed by atoms with van der Waals surface area (Å²) in [5.74, 6) is 0.622. The highest BCUT2D eigenvalue weighted by atomic mass is 15.2. The molecule has 2 fully saturated rings. The zero-order chi connectivity index (χ0) is 12.5. The highest BCUT2D eigenvalue weighted by Gasteiger charge is 2.33. The van der Waals surface area contributed by atoms with E-state index in [1.807, 2.05) is 6.07 Å². The van der Waals surface area contributed by atoms with Crippen molar-refractivity contribution in [1.29, 1.82) is 0 Å². The van der Waals surface area contributed by atoms with Gasteiger partial charge in [0.25, 0.3) is 0 Å². The van der Waals surface area contributed by atoms with Crippen LogP contribution in [0.4, 0.5) is 5.69 Å². The van der Waals surface area contributed by atoms with E-state index in [1.165, 1.54) is 31.4 Å². The molecule has 0 bridgehead atoms. The Labute approximate surface area is 108 Å². The van der Waals surface area contributed by atoms with Crippen LogP contribution in [0.1, 0.15) is 37.3 Å². The van der Waals surface area contributed by atoms with Crippen molar-refractivity contribution in [2.75, 3.05) is 18.8 Å². The van der Waals surface area contributed by atoms with Crippen LogP contribution in [0.15, 0.2) is 18.3 Å². The number of hydrogen-bond acceptors (Lipinski definition) is 4. The summed E-state index contributed by atoms with van der Waals surface area (Å²) in [7, 11) is 0. The van der Waals surface area contributed by atoms with Gasteiger partial charge in [-0.15, -0.1) is 0 Å². The van der Waals surface area contributed by atoms with Crippen molar-refractivity contribution < 1.29 is 0 Å². The van der Waals surface area contributed by atoms with Gasteiger partial charge in [0.2, 0.25) is 0 Å². The molecule has 2 heterocycles. The fourth-order valence-corrected chi connectivity index (χ4v) is 3.24. The molecule has 1 aliphatic heterocycles. The Morgan fingerprint density at radius 2 is 1.83 bits per heavy atom. The van der Waals surface area contributed by atoms with E-state index in [4.69, 9.17) is 11.5 Å². The smallest absolute Gasteiger partial charge is 0.0501 e. The highest BCUT2D eigenvalue weighted by molar-refractivity contribution is 5.35. The lowest BCUT2D eigenvalue weighted by Gasteiger charge is -2.45. The quantitative estimate of drug-likeness (QED) is 0.826. The lowest BCUT2D eigenvalue weighted by molar-refractivity contribution is 0.0677. The van der Waals surface area contributed by atoms with Gasteiger partial charge in [0.05, 0.1) is 11.9 Å². The fourth-order valence-electron chi connectivity index (χ4n) is 3.24. The van der Waals surface area contributed by atoms with Gasteiger partial charge in [-0.2, -0.15) is 0 Å². The van der Waals surface area contributed by atoms with Gasteiger partial charge in [-0.3, -0.25) is 9.88 Å². The Hall–Kier alpha value is -1.13. The molecule has 0 amide bonds. The summed E-state index contributed by atoms with van der Waals surface area (Å²) < 4.78 is 0. The predicted molar refractivity (Wildman–Crippen MR) is 73.2 cm³/mol. The topological polar surface area (TPSA) is 68.2 Å². The third-order valence-corrected chi connectivity index (χ3v) is 4.38. The SMILES string of the molecule is Nc1ccc(C2CCC(N3CC(N)C3)CC2)nc1. The van der Waals surface area contributed by atoms with Crippen LogP contribution >= 0.6 is 0 Å². The van der Waals surface area contributed by atoms with Crippen LogP contribution in [0.25, 0.3) is 0 Å². The molecule has 4 nitrogen and oxygen atoms in total. The average Bonchev–Trinajstić information content (AvgIpc) is 2.36. The number of aromatic nitrogens is 1. The number of nitrogens with zero attached hydrogens (tertiary/aromatic N) is 2. The maximum Gasteiger partial charge on any atom is 0.0501 e. The van der Waals surface area contributed by atoms with E-state index in [1.54, 1.807) is 6.20 Å². The first-order valence-electron chi connectivity index (χ1n) is 6.93. The average molecular weight is 246 g/mol. The molecule has 98 valence electrons. The molecule has 4 N–H and O–H groups in total. The second kappa shape index (κ2) is 4.86. The third-order valence-electron chi connectivity index (χ3n) is 4.38. The zero-order valence-corrected chi connectivity index (χ0v) is 10.8. The number of hydrogen-bond donors (Lipinski definition) is 2. The molecule has 4 heteroatoms. The van der Waals surface area contributed by atoms with Crippen LogP contribution in [0.3, 0.4) is 0 Å². The second-order valence-electron chi connectivity index (χ2n) is 5.74. The third kappa shape index (κ3) is 2.35. The van der Waals surface area contributed by atoms with Gasteiger partial charge in [-0.1, -0.05) is 0 Å². The highest BCUT2D eigenvalue weighted by Crippen LogP contribution is 2.35. The molecule has 1 aromatic heterocycles. The monoisotopic (exact) mass is 246 g/mol. The van der Waals surface area contributed by atoms with Crippen molar-refractivity contribution in [1.82, 2.24) is 9.88 Å². The summed E-state index contributed by atoms with van der Waals surface area (Å²) in [6.45, 7) is 2.19. The van der Waals surface area contributed by atoms with Gasteiger partial charge < -0.3 is 11.5 Å². The molecule has 3 rings (SSSR count). The fraction of sp³-hybridized carbons (Fsp3) is 0.643. The summed E-state index contributed by atoms with van der Waals surface area (Å²) in [5, 5.41) is 0. The predicted octanol–water partition coefficient (Wildman–Crippen LogP) is 1.33. The van der Waals surface area contributed by atoms with Crippen molar-refractivity contribution in [2.45, 2.75) is 43.7 Å². The molecular weight excluding hydrogens is 224 g/mol. The summed E-state index contributed by atoms with van der Waals surface area (Å²) in [6.07, 6.45) is 6.82. The van der Waals surface area contributed by atoms with E-state index in [2.05, 4.69) is 16.0 Å². The van der Waals surface area contributed by atoms with Crippen LogP contribution < -0.4 is 11.5 Å². The Balaban J connectivity index is 1.55. The number of anilines is 1. The Morgan fingerprint density at radius 1 is 1.11 bits per heavy atom. The standard InChI is InChI=1S/C14H22N4/c15-11-3-6-14(17-7-11)10-1-4-13(5-2-10)18-8-12(16)9-18/h3,6-7,10,12-13H,1-2,4-5,8-9,15-16H2. The molecule has 1 saturated heterocycles. The lowest BCUT2D eigenvalue weighted by atomic mass is 9.82. The van der Waals surface area contributed by atoms with E-state index in [0.29, 0.717) is 12.0 Å². The van der Waals surface area contributed by atoms with Crippen molar-refractivity contribution in [3.05, 3.63) is 24.0 Å². The first-order valence-corrected chi connectivity index (χ1v) is 6.93. The lowest BCUT2D eigenvalue weighted by Crippen LogP contribution is -2.59. The molecular formula is C14H22N4. The molecule has 1 aliphatic carbocycles. The number of pyridine rings is 1. The normalized spacial score (nSPS) is 30.1. The number of nitrogens with two attached hydrogens (primary N) is 2. The van der Waals surface area contributed by atoms with Crippen LogP contribution in [0.2, 0.25) is 0 Å². The van der Waals surface area contributed by atoms with E-state index >= 15 is 0 Å². The Morgan fingerprint density at radius 3 is 2.39 bits per heavy atom. The second-order valence-corrected chi connectivity index (χ2v) is 5.74. The van der Waals surface area contributed by atoms with Crippen molar-refractivity contribution in [3.8, 4) is 0 Å². The molecule has 2 aliphatic rings. The van der Waals surface area contributed by atoms with Crippen molar-refractivity contribution >= 4 is 5.69 Å². The molecule has 0 spiro atoms. The van der Waals surface area contributed by atoms with Gasteiger partial charge in [-0.25, -0.2) is 0 Å². The first kappa shape index (κ1) is 11.9. The zero-order valence-electron chi connectivity index (χ0n) is 10.8. The van der Waals surface area contributed by atoms with Crippen molar-refractivity contribution in [2.24, 2.45) is 5.73 Å². The summed E-state index contributed by atoms with van der Waals surface area (Å²) in [6, 6.07) is 5.22. The summed E-state index contributed by atoms with van der Waals surface area (Å²) >= 11 is 0. The molecule has 0 atom stereocenters. The van der Waals surface area contributed by atoms with E-state index in [9.17, 15) is 0 Å². The van der Waals surface area contributed by atoms with Crippen LogP contribution in [-0.4, -0.2) is 35.1 Å². The number of likely N-dealkylation sites (tertiary alicyclic amines) is 1. The van der Waals surface area contributed by atoms with E-state index < -0.39 is 0 Å². The minimum absolute atomic E-state index is 0.418. The van der Waals surface area contributed by atoms with Crippen LogP contribution in [0, 0.1) is 0 Å². The van der Waals surface area contributed by atoms with E-state index in [-0.39, 0.29) is 0 Å². The first-order chi connectivity index (χ1) is 8.72. The maximum atomic E-state index is 5.84. The Kier molecular flexibility index (Phi) is 3.22. The molecule has 18 heavy (non-hydrogen) atoms. The van der Waals surface area contributed by atoms with Gasteiger partial charge in [0.15, 0.2) is 0 Å². The molecule has 1 saturated carbocycles. The molecule has 1 aromatic rings. The Bertz CT molecular complexity index is 389. The summed E-state index contributed by atoms with van der Waals surface area (Å²) in [5.41, 5.74) is 13.5. The maximum absolute atomic E-state index is 5.84. The number of nitrogen functional groups attached to an aromatic ring is 1. The summed E-state index contributed by atoms with van der Waals surface area (Å²) in [4.78, 5) is 7.00. The van der Waals surface area contributed by atoms with Crippen LogP contribution in [0.5, 0.6) is 0 Å². The largest absolute Gasteiger partial charge is 0.397 e. The molecule has 0 unspecified atom stereocenters. The minimum Gasteiger partial charge on any atom is -0.397 e. The minimum atomic E-state index is 0.418. The van der Waals surface area contributed by atoms with E-state index in [0.717, 1.165) is 24.8 Å². The van der Waals surface area contributed by atoms with Crippen LogP contribution in [-0.2, 0) is 0 Å². The number of rotatable bonds is 2.